The molecule has 2 N–H and O–H groups in total. The first-order valence-corrected chi connectivity index (χ1v) is 8.03. The van der Waals surface area contributed by atoms with Crippen LogP contribution in [0.5, 0.6) is 5.75 Å². The second-order valence-electron chi connectivity index (χ2n) is 6.00. The zero-order valence-electron chi connectivity index (χ0n) is 12.5. The summed E-state index contributed by atoms with van der Waals surface area (Å²) in [4.78, 5) is 11.3. The smallest absolute Gasteiger partial charge is 0.306 e. The first-order valence-electron chi connectivity index (χ1n) is 7.65. The van der Waals surface area contributed by atoms with Crippen LogP contribution in [0.15, 0.2) is 36.4 Å². The molecule has 124 valence electrons. The van der Waals surface area contributed by atoms with Crippen molar-refractivity contribution in [1.29, 1.82) is 0 Å². The maximum Gasteiger partial charge on any atom is 0.306 e. The maximum absolute atomic E-state index is 11.3. The molecule has 0 amide bonds. The lowest BCUT2D eigenvalue weighted by Crippen LogP contribution is -2.20. The van der Waals surface area contributed by atoms with E-state index < -0.39 is 12.2 Å². The molecule has 0 unspecified atom stereocenters. The molecule has 0 radical (unpaired) electrons. The fraction of sp³-hybridized carbons (Fsp3) is 0.471. The Hall–Kier alpha value is -1.56. The Morgan fingerprint density at radius 1 is 1.48 bits per heavy atom. The highest BCUT2D eigenvalue weighted by molar-refractivity contribution is 6.30. The molecule has 3 rings (SSSR count). The summed E-state index contributed by atoms with van der Waals surface area (Å²) in [5.41, 5.74) is 0. The summed E-state index contributed by atoms with van der Waals surface area (Å²) in [7, 11) is 0. The second-order valence-corrected chi connectivity index (χ2v) is 6.43. The molecular formula is C17H19ClO5. The zero-order chi connectivity index (χ0) is 16.4. The van der Waals surface area contributed by atoms with E-state index in [2.05, 4.69) is 0 Å². The number of hydrogen-bond acceptors (Lipinski definition) is 5. The third-order valence-corrected chi connectivity index (χ3v) is 4.58. The van der Waals surface area contributed by atoms with Crippen LogP contribution in [0.1, 0.15) is 12.8 Å². The number of carbonyl (C=O) groups excluding carboxylic acids is 1. The predicted octanol–water partition coefficient (Wildman–Crippen LogP) is 1.95. The highest BCUT2D eigenvalue weighted by atomic mass is 35.5. The Morgan fingerprint density at radius 3 is 3.09 bits per heavy atom. The predicted molar refractivity (Wildman–Crippen MR) is 84.2 cm³/mol. The molecule has 1 aliphatic carbocycles. The van der Waals surface area contributed by atoms with Gasteiger partial charge in [-0.05, 0) is 18.2 Å². The molecule has 1 aromatic carbocycles. The van der Waals surface area contributed by atoms with Gasteiger partial charge in [0.1, 0.15) is 24.6 Å². The van der Waals surface area contributed by atoms with Crippen molar-refractivity contribution in [2.24, 2.45) is 11.8 Å². The van der Waals surface area contributed by atoms with Gasteiger partial charge in [-0.15, -0.1) is 0 Å². The SMILES string of the molecule is O=C1C[C@@H]2[C@@H](C=C[C@@H](O)COc3cccc(Cl)c3)[C@H](O)C[C@@H]2O1. The quantitative estimate of drug-likeness (QED) is 0.634. The van der Waals surface area contributed by atoms with Crippen LogP contribution in [0.2, 0.25) is 5.02 Å². The standard InChI is InChI=1S/C17H19ClO5/c18-10-2-1-3-12(6-10)22-9-11(19)4-5-13-14-7-17(21)23-16(14)8-15(13)20/h1-6,11,13-16,19-20H,7-9H2/t11-,13-,14-,15-,16+/m1/s1. The number of carbonyl (C=O) groups is 1. The van der Waals surface area contributed by atoms with Crippen molar-refractivity contribution in [3.63, 3.8) is 0 Å². The van der Waals surface area contributed by atoms with E-state index in [4.69, 9.17) is 21.1 Å². The summed E-state index contributed by atoms with van der Waals surface area (Å²) in [6.07, 6.45) is 2.60. The Labute approximate surface area is 139 Å². The van der Waals surface area contributed by atoms with Gasteiger partial charge in [-0.1, -0.05) is 29.8 Å². The fourth-order valence-electron chi connectivity index (χ4n) is 3.24. The number of hydrogen-bond donors (Lipinski definition) is 2. The lowest BCUT2D eigenvalue weighted by molar-refractivity contribution is -0.141. The Balaban J connectivity index is 1.53. The summed E-state index contributed by atoms with van der Waals surface area (Å²) in [5.74, 6) is 0.193. The third kappa shape index (κ3) is 3.86. The molecule has 1 saturated carbocycles. The van der Waals surface area contributed by atoms with Crippen molar-refractivity contribution >= 4 is 17.6 Å². The van der Waals surface area contributed by atoms with Gasteiger partial charge >= 0.3 is 5.97 Å². The van der Waals surface area contributed by atoms with Crippen LogP contribution >= 0.6 is 11.6 Å². The molecule has 0 spiro atoms. The maximum atomic E-state index is 11.3. The minimum atomic E-state index is -0.807. The largest absolute Gasteiger partial charge is 0.491 e. The van der Waals surface area contributed by atoms with Gasteiger partial charge in [0.05, 0.1) is 12.5 Å². The third-order valence-electron chi connectivity index (χ3n) is 4.35. The lowest BCUT2D eigenvalue weighted by atomic mass is 9.91. The van der Waals surface area contributed by atoms with E-state index in [0.29, 0.717) is 23.6 Å². The Bertz CT molecular complexity index is 602. The van der Waals surface area contributed by atoms with E-state index in [1.807, 2.05) is 0 Å². The first-order chi connectivity index (χ1) is 11.0. The average molecular weight is 339 g/mol. The van der Waals surface area contributed by atoms with E-state index in [0.717, 1.165) is 0 Å². The number of halogens is 1. The minimum absolute atomic E-state index is 0.00482. The molecule has 1 aliphatic heterocycles. The number of aliphatic hydroxyl groups is 2. The van der Waals surface area contributed by atoms with Gasteiger partial charge in [0.15, 0.2) is 0 Å². The highest BCUT2D eigenvalue weighted by Gasteiger charge is 2.48. The van der Waals surface area contributed by atoms with Gasteiger partial charge in [-0.3, -0.25) is 4.79 Å². The van der Waals surface area contributed by atoms with Crippen LogP contribution in [0.4, 0.5) is 0 Å². The average Bonchev–Trinajstić information content (AvgIpc) is 2.98. The first kappa shape index (κ1) is 16.3. The van der Waals surface area contributed by atoms with Crippen LogP contribution in [0, 0.1) is 11.8 Å². The number of rotatable bonds is 5. The summed E-state index contributed by atoms with van der Waals surface area (Å²) >= 11 is 5.86. The van der Waals surface area contributed by atoms with E-state index in [-0.39, 0.29) is 30.5 Å². The van der Waals surface area contributed by atoms with Crippen LogP contribution < -0.4 is 4.74 Å². The molecule has 5 nitrogen and oxygen atoms in total. The molecule has 0 aromatic heterocycles. The van der Waals surface area contributed by atoms with E-state index in [1.54, 1.807) is 36.4 Å². The van der Waals surface area contributed by atoms with Crippen LogP contribution in [0.3, 0.4) is 0 Å². The van der Waals surface area contributed by atoms with Gasteiger partial charge < -0.3 is 19.7 Å². The number of fused-ring (bicyclic) bond motifs is 1. The van der Waals surface area contributed by atoms with E-state index in [1.165, 1.54) is 0 Å². The van der Waals surface area contributed by atoms with Crippen molar-refractivity contribution in [2.45, 2.75) is 31.2 Å². The molecule has 2 aliphatic rings. The Kier molecular flexibility index (Phi) is 4.90. The van der Waals surface area contributed by atoms with Crippen molar-refractivity contribution in [3.8, 4) is 5.75 Å². The number of ether oxygens (including phenoxy) is 2. The monoisotopic (exact) mass is 338 g/mol. The summed E-state index contributed by atoms with van der Waals surface area (Å²) in [6, 6.07) is 6.94. The molecule has 6 heteroatoms. The van der Waals surface area contributed by atoms with Crippen molar-refractivity contribution in [1.82, 2.24) is 0 Å². The molecule has 1 aromatic rings. The molecule has 1 saturated heterocycles. The fourth-order valence-corrected chi connectivity index (χ4v) is 3.42. The zero-order valence-corrected chi connectivity index (χ0v) is 13.2. The van der Waals surface area contributed by atoms with Crippen LogP contribution in [-0.4, -0.2) is 41.1 Å². The number of esters is 1. The minimum Gasteiger partial charge on any atom is -0.491 e. The van der Waals surface area contributed by atoms with Gasteiger partial charge in [0, 0.05) is 23.3 Å². The molecule has 5 atom stereocenters. The van der Waals surface area contributed by atoms with Crippen molar-refractivity contribution < 1.29 is 24.5 Å². The summed E-state index contributed by atoms with van der Waals surface area (Å²) in [5, 5.41) is 20.6. The van der Waals surface area contributed by atoms with Crippen molar-refractivity contribution in [2.75, 3.05) is 6.61 Å². The van der Waals surface area contributed by atoms with E-state index >= 15 is 0 Å². The van der Waals surface area contributed by atoms with Gasteiger partial charge in [-0.2, -0.15) is 0 Å². The normalized spacial score (nSPS) is 31.2. The van der Waals surface area contributed by atoms with Crippen LogP contribution in [0.25, 0.3) is 0 Å². The Morgan fingerprint density at radius 2 is 2.30 bits per heavy atom. The highest BCUT2D eigenvalue weighted by Crippen LogP contribution is 2.42. The van der Waals surface area contributed by atoms with E-state index in [9.17, 15) is 15.0 Å². The summed E-state index contributed by atoms with van der Waals surface area (Å²) < 4.78 is 10.6. The molecule has 1 heterocycles. The van der Waals surface area contributed by atoms with Gasteiger partial charge in [0.25, 0.3) is 0 Å². The molecule has 2 fully saturated rings. The second kappa shape index (κ2) is 6.91. The molecule has 0 bridgehead atoms. The van der Waals surface area contributed by atoms with Gasteiger partial charge in [-0.25, -0.2) is 0 Å². The summed E-state index contributed by atoms with van der Waals surface area (Å²) in [6.45, 7) is 0.0865. The molecule has 23 heavy (non-hydrogen) atoms. The lowest BCUT2D eigenvalue weighted by Gasteiger charge is -2.15. The van der Waals surface area contributed by atoms with Gasteiger partial charge in [0.2, 0.25) is 0 Å². The topological polar surface area (TPSA) is 76.0 Å². The molecular weight excluding hydrogens is 320 g/mol. The van der Waals surface area contributed by atoms with Crippen molar-refractivity contribution in [3.05, 3.63) is 41.4 Å². The number of aliphatic hydroxyl groups excluding tert-OH is 2. The number of benzene rings is 1. The van der Waals surface area contributed by atoms with Crippen LogP contribution in [-0.2, 0) is 9.53 Å².